The fourth-order valence-electron chi connectivity index (χ4n) is 5.64. The smallest absolute Gasteiger partial charge is 0.175 e. The van der Waals surface area contributed by atoms with Crippen LogP contribution in [0.1, 0.15) is 47.6 Å². The summed E-state index contributed by atoms with van der Waals surface area (Å²) in [5.41, 5.74) is 6.52. The van der Waals surface area contributed by atoms with E-state index < -0.39 is 0 Å². The van der Waals surface area contributed by atoms with Crippen molar-refractivity contribution in [3.63, 3.8) is 0 Å². The molecule has 7 heteroatoms. The van der Waals surface area contributed by atoms with E-state index >= 15 is 0 Å². The zero-order valence-corrected chi connectivity index (χ0v) is 25.6. The molecular formula is C34H29BrCl2N2O2. The van der Waals surface area contributed by atoms with Gasteiger partial charge >= 0.3 is 0 Å². The van der Waals surface area contributed by atoms with Crippen molar-refractivity contribution in [3.8, 4) is 11.5 Å². The molecule has 4 aromatic carbocycles. The minimum atomic E-state index is 0.267. The Bertz CT molecular complexity index is 1620. The number of ether oxygens (including phenoxy) is 2. The number of aliphatic imine (C=N–C) groups is 1. The summed E-state index contributed by atoms with van der Waals surface area (Å²) in [6.07, 6.45) is 7.62. The van der Waals surface area contributed by atoms with Gasteiger partial charge in [-0.05, 0) is 94.3 Å². The SMILES string of the molecule is CCOc1cc(C=Nc2ccc([C@@H]3Nc4ccccc4[C@@H]4C=CC[C@H]43)cc2)cc(Br)c1OCc1ccc(Cl)cc1Cl. The van der Waals surface area contributed by atoms with Crippen molar-refractivity contribution in [1.29, 1.82) is 0 Å². The first kappa shape index (κ1) is 27.9. The quantitative estimate of drug-likeness (QED) is 0.153. The molecule has 1 aliphatic heterocycles. The predicted octanol–water partition coefficient (Wildman–Crippen LogP) is 10.3. The normalized spacial score (nSPS) is 19.1. The van der Waals surface area contributed by atoms with Crippen molar-refractivity contribution in [3.05, 3.63) is 128 Å². The van der Waals surface area contributed by atoms with E-state index in [0.29, 0.717) is 40.0 Å². The molecule has 0 amide bonds. The lowest BCUT2D eigenvalue weighted by molar-refractivity contribution is 0.267. The summed E-state index contributed by atoms with van der Waals surface area (Å²) in [6, 6.07) is 26.7. The first-order valence-corrected chi connectivity index (χ1v) is 15.2. The van der Waals surface area contributed by atoms with Gasteiger partial charge in [-0.25, -0.2) is 0 Å². The topological polar surface area (TPSA) is 42.8 Å². The van der Waals surface area contributed by atoms with E-state index in [1.54, 1.807) is 12.1 Å². The molecule has 0 saturated carbocycles. The van der Waals surface area contributed by atoms with E-state index in [2.05, 4.69) is 81.9 Å². The highest BCUT2D eigenvalue weighted by molar-refractivity contribution is 9.10. The van der Waals surface area contributed by atoms with Crippen molar-refractivity contribution in [2.24, 2.45) is 10.9 Å². The van der Waals surface area contributed by atoms with Crippen LogP contribution in [0.25, 0.3) is 0 Å². The van der Waals surface area contributed by atoms with E-state index in [1.807, 2.05) is 31.3 Å². The van der Waals surface area contributed by atoms with E-state index in [4.69, 9.17) is 37.7 Å². The number of anilines is 1. The van der Waals surface area contributed by atoms with Crippen LogP contribution >= 0.6 is 39.1 Å². The Morgan fingerprint density at radius 3 is 2.63 bits per heavy atom. The number of allylic oxidation sites excluding steroid dienone is 2. The molecule has 2 aliphatic rings. The predicted molar refractivity (Wildman–Crippen MR) is 173 cm³/mol. The van der Waals surface area contributed by atoms with Crippen LogP contribution < -0.4 is 14.8 Å². The maximum atomic E-state index is 6.33. The molecule has 1 heterocycles. The highest BCUT2D eigenvalue weighted by Gasteiger charge is 2.37. The molecule has 3 atom stereocenters. The van der Waals surface area contributed by atoms with E-state index in [9.17, 15) is 0 Å². The lowest BCUT2D eigenvalue weighted by Crippen LogP contribution is -2.28. The van der Waals surface area contributed by atoms with Gasteiger partial charge in [0.15, 0.2) is 11.5 Å². The second kappa shape index (κ2) is 12.3. The average Bonchev–Trinajstić information content (AvgIpc) is 3.47. The number of hydrogen-bond donors (Lipinski definition) is 1. The number of para-hydroxylation sites is 1. The summed E-state index contributed by atoms with van der Waals surface area (Å²) >= 11 is 16.0. The number of nitrogens with zero attached hydrogens (tertiary/aromatic N) is 1. The minimum Gasteiger partial charge on any atom is -0.490 e. The molecule has 1 N–H and O–H groups in total. The van der Waals surface area contributed by atoms with Crippen molar-refractivity contribution < 1.29 is 9.47 Å². The maximum Gasteiger partial charge on any atom is 0.175 e. The first-order valence-electron chi connectivity index (χ1n) is 13.7. The van der Waals surface area contributed by atoms with Gasteiger partial charge < -0.3 is 14.8 Å². The van der Waals surface area contributed by atoms with Gasteiger partial charge in [-0.2, -0.15) is 0 Å². The minimum absolute atomic E-state index is 0.267. The lowest BCUT2D eigenvalue weighted by atomic mass is 9.77. The van der Waals surface area contributed by atoms with Crippen LogP contribution in [0.2, 0.25) is 10.0 Å². The maximum absolute atomic E-state index is 6.33. The molecule has 0 spiro atoms. The van der Waals surface area contributed by atoms with Gasteiger partial charge in [0.1, 0.15) is 6.61 Å². The largest absolute Gasteiger partial charge is 0.490 e. The van der Waals surface area contributed by atoms with Crippen molar-refractivity contribution in [2.45, 2.75) is 31.9 Å². The highest BCUT2D eigenvalue weighted by atomic mass is 79.9. The molecule has 0 fully saturated rings. The summed E-state index contributed by atoms with van der Waals surface area (Å²) in [6.45, 7) is 2.73. The zero-order chi connectivity index (χ0) is 28.3. The molecule has 0 radical (unpaired) electrons. The fraction of sp³-hybridized carbons (Fsp3) is 0.206. The van der Waals surface area contributed by atoms with Gasteiger partial charge in [-0.15, -0.1) is 0 Å². The molecule has 41 heavy (non-hydrogen) atoms. The van der Waals surface area contributed by atoms with Crippen LogP contribution in [0.5, 0.6) is 11.5 Å². The number of halogens is 3. The number of rotatable bonds is 8. The third kappa shape index (κ3) is 6.04. The third-order valence-corrected chi connectivity index (χ3v) is 8.78. The highest BCUT2D eigenvalue weighted by Crippen LogP contribution is 2.49. The second-order valence-electron chi connectivity index (χ2n) is 10.2. The summed E-state index contributed by atoms with van der Waals surface area (Å²) in [5, 5.41) is 4.94. The van der Waals surface area contributed by atoms with Crippen LogP contribution in [-0.4, -0.2) is 12.8 Å². The molecule has 0 bridgehead atoms. The molecule has 4 aromatic rings. The molecule has 4 nitrogen and oxygen atoms in total. The van der Waals surface area contributed by atoms with Gasteiger partial charge in [0.25, 0.3) is 0 Å². The Kier molecular flexibility index (Phi) is 8.38. The van der Waals surface area contributed by atoms with Crippen LogP contribution in [0.15, 0.2) is 100 Å². The van der Waals surface area contributed by atoms with Crippen molar-refractivity contribution in [2.75, 3.05) is 11.9 Å². The number of benzene rings is 4. The molecule has 6 rings (SSSR count). The van der Waals surface area contributed by atoms with Crippen LogP contribution in [0.4, 0.5) is 11.4 Å². The molecule has 0 saturated heterocycles. The third-order valence-electron chi connectivity index (χ3n) is 7.61. The first-order chi connectivity index (χ1) is 20.0. The van der Waals surface area contributed by atoms with Crippen molar-refractivity contribution >= 4 is 56.7 Å². The Morgan fingerprint density at radius 1 is 1.00 bits per heavy atom. The second-order valence-corrected chi connectivity index (χ2v) is 11.9. The molecule has 0 unspecified atom stereocenters. The van der Waals surface area contributed by atoms with Crippen LogP contribution in [0.3, 0.4) is 0 Å². The Balaban J connectivity index is 1.18. The van der Waals surface area contributed by atoms with Gasteiger partial charge in [0, 0.05) is 33.4 Å². The van der Waals surface area contributed by atoms with Gasteiger partial charge in [0.05, 0.1) is 22.8 Å². The van der Waals surface area contributed by atoms with Gasteiger partial charge in [0.2, 0.25) is 0 Å². The summed E-state index contributed by atoms with van der Waals surface area (Å²) in [7, 11) is 0. The monoisotopic (exact) mass is 646 g/mol. The van der Waals surface area contributed by atoms with Gasteiger partial charge in [-0.3, -0.25) is 4.99 Å². The number of fused-ring (bicyclic) bond motifs is 3. The number of hydrogen-bond acceptors (Lipinski definition) is 4. The van der Waals surface area contributed by atoms with Crippen LogP contribution in [0, 0.1) is 5.92 Å². The van der Waals surface area contributed by atoms with Gasteiger partial charge in [-0.1, -0.05) is 71.8 Å². The lowest BCUT2D eigenvalue weighted by Gasteiger charge is -2.37. The Labute approximate surface area is 259 Å². The molecular weight excluding hydrogens is 619 g/mol. The Morgan fingerprint density at radius 2 is 1.83 bits per heavy atom. The summed E-state index contributed by atoms with van der Waals surface area (Å²) in [5.74, 6) is 2.22. The summed E-state index contributed by atoms with van der Waals surface area (Å²) < 4.78 is 12.8. The molecule has 0 aromatic heterocycles. The molecule has 1 aliphatic carbocycles. The molecule has 208 valence electrons. The average molecular weight is 648 g/mol. The van der Waals surface area contributed by atoms with E-state index in [-0.39, 0.29) is 12.6 Å². The standard InChI is InChI=1S/C34H29BrCl2N2O2/c1-2-40-32-17-21(16-29(35)34(32)41-20-23-10-13-24(36)18-30(23)37)19-38-25-14-11-22(12-15-25)33-28-8-5-7-26(28)27-6-3-4-9-31(27)39-33/h3-7,9-19,26,28,33,39H,2,8,20H2,1H3/t26-,28+,33-/m0/s1. The van der Waals surface area contributed by atoms with Crippen LogP contribution in [-0.2, 0) is 6.61 Å². The fourth-order valence-corrected chi connectivity index (χ4v) is 6.68. The zero-order valence-electron chi connectivity index (χ0n) is 22.5. The van der Waals surface area contributed by atoms with E-state index in [0.717, 1.165) is 27.7 Å². The summed E-state index contributed by atoms with van der Waals surface area (Å²) in [4.78, 5) is 4.75. The number of nitrogens with one attached hydrogen (secondary N) is 1. The van der Waals surface area contributed by atoms with Crippen molar-refractivity contribution in [1.82, 2.24) is 0 Å². The van der Waals surface area contributed by atoms with E-state index in [1.165, 1.54) is 16.8 Å². The Hall–Kier alpha value is -3.25.